The fraction of sp³-hybridized carbons (Fsp3) is 0.722. The van der Waals surface area contributed by atoms with E-state index < -0.39 is 0 Å². The predicted octanol–water partition coefficient (Wildman–Crippen LogP) is 3.06. The van der Waals surface area contributed by atoms with Crippen LogP contribution in [0.2, 0.25) is 0 Å². The molecule has 1 saturated carbocycles. The zero-order valence-corrected chi connectivity index (χ0v) is 15.5. The Kier molecular flexibility index (Phi) is 7.69. The Labute approximate surface area is 148 Å². The maximum Gasteiger partial charge on any atom is 0.223 e. The maximum atomic E-state index is 12.3. The Morgan fingerprint density at radius 1 is 1.33 bits per heavy atom. The largest absolute Gasteiger partial charge is 0.351 e. The van der Waals surface area contributed by atoms with Gasteiger partial charge in [0.25, 0.3) is 0 Å². The molecule has 2 N–H and O–H groups in total. The van der Waals surface area contributed by atoms with Crippen molar-refractivity contribution in [3.63, 3.8) is 0 Å². The molecule has 1 aromatic heterocycles. The highest BCUT2D eigenvalue weighted by Crippen LogP contribution is 2.20. The van der Waals surface area contributed by atoms with E-state index in [2.05, 4.69) is 22.5 Å². The molecule has 3 atom stereocenters. The third-order valence-electron chi connectivity index (χ3n) is 4.71. The third kappa shape index (κ3) is 5.89. The van der Waals surface area contributed by atoms with Gasteiger partial charge in [0.05, 0.1) is 5.51 Å². The van der Waals surface area contributed by atoms with Crippen LogP contribution in [0.25, 0.3) is 0 Å². The summed E-state index contributed by atoms with van der Waals surface area (Å²) < 4.78 is 0. The summed E-state index contributed by atoms with van der Waals surface area (Å²) in [7, 11) is 0. The van der Waals surface area contributed by atoms with Gasteiger partial charge in [-0.1, -0.05) is 26.7 Å². The molecule has 0 spiro atoms. The molecule has 1 aromatic rings. The third-order valence-corrected chi connectivity index (χ3v) is 5.55. The molecule has 0 aliphatic heterocycles. The van der Waals surface area contributed by atoms with Crippen LogP contribution in [-0.4, -0.2) is 28.9 Å². The molecule has 0 bridgehead atoms. The molecule has 0 aromatic carbocycles. The average molecular weight is 352 g/mol. The van der Waals surface area contributed by atoms with Gasteiger partial charge in [0.1, 0.15) is 0 Å². The van der Waals surface area contributed by atoms with Crippen molar-refractivity contribution in [3.05, 3.63) is 16.6 Å². The van der Waals surface area contributed by atoms with Crippen LogP contribution in [0, 0.1) is 5.92 Å². The number of unbranched alkanes of at least 4 members (excludes halogenated alkanes) is 1. The first-order valence-electron chi connectivity index (χ1n) is 9.07. The molecule has 1 aliphatic rings. The Hall–Kier alpha value is -1.43. The zero-order chi connectivity index (χ0) is 17.4. The number of aryl methyl sites for hydroxylation is 1. The van der Waals surface area contributed by atoms with E-state index in [0.717, 1.165) is 49.8 Å². The SMILES string of the molecule is CCCC[C@@H](C)C(=O)N[C@H]1CCC[C@H]1NC(=O)CCc1cncs1. The summed E-state index contributed by atoms with van der Waals surface area (Å²) in [6.07, 6.45) is 9.09. The van der Waals surface area contributed by atoms with Crippen LogP contribution in [0.15, 0.2) is 11.7 Å². The summed E-state index contributed by atoms with van der Waals surface area (Å²) in [5.74, 6) is 0.237. The fourth-order valence-corrected chi connectivity index (χ4v) is 3.75. The Bertz CT molecular complexity index is 518. The maximum absolute atomic E-state index is 12.3. The number of nitrogens with zero attached hydrogens (tertiary/aromatic N) is 1. The monoisotopic (exact) mass is 351 g/mol. The fourth-order valence-electron chi connectivity index (χ4n) is 3.15. The predicted molar refractivity (Wildman–Crippen MR) is 96.8 cm³/mol. The standard InChI is InChI=1S/C18H29N3O2S/c1-3-4-6-13(2)18(23)21-16-8-5-7-15(16)20-17(22)10-9-14-11-19-12-24-14/h11-13,15-16H,3-10H2,1-2H3,(H,20,22)(H,21,23)/t13-,15-,16+/m1/s1. The zero-order valence-electron chi connectivity index (χ0n) is 14.7. The minimum absolute atomic E-state index is 0.0493. The number of amides is 2. The number of aromatic nitrogens is 1. The van der Waals surface area contributed by atoms with E-state index in [-0.39, 0.29) is 29.8 Å². The molecule has 6 heteroatoms. The number of rotatable bonds is 9. The lowest BCUT2D eigenvalue weighted by Gasteiger charge is -2.24. The molecule has 0 saturated heterocycles. The lowest BCUT2D eigenvalue weighted by atomic mass is 10.0. The Morgan fingerprint density at radius 2 is 2.08 bits per heavy atom. The normalized spacial score (nSPS) is 21.4. The molecular formula is C18H29N3O2S. The molecule has 134 valence electrons. The van der Waals surface area contributed by atoms with E-state index in [1.165, 1.54) is 0 Å². The quantitative estimate of drug-likeness (QED) is 0.718. The van der Waals surface area contributed by atoms with Crippen LogP contribution in [0.4, 0.5) is 0 Å². The van der Waals surface area contributed by atoms with E-state index in [4.69, 9.17) is 0 Å². The van der Waals surface area contributed by atoms with Crippen molar-refractivity contribution >= 4 is 23.2 Å². The van der Waals surface area contributed by atoms with Gasteiger partial charge in [-0.25, -0.2) is 0 Å². The second-order valence-electron chi connectivity index (χ2n) is 6.73. The molecule has 5 nitrogen and oxygen atoms in total. The van der Waals surface area contributed by atoms with Gasteiger partial charge in [0, 0.05) is 35.5 Å². The minimum atomic E-state index is 0.0493. The van der Waals surface area contributed by atoms with Crippen molar-refractivity contribution in [2.24, 2.45) is 5.92 Å². The van der Waals surface area contributed by atoms with Gasteiger partial charge in [-0.05, 0) is 32.1 Å². The van der Waals surface area contributed by atoms with Crippen LogP contribution in [0.3, 0.4) is 0 Å². The van der Waals surface area contributed by atoms with Crippen LogP contribution >= 0.6 is 11.3 Å². The minimum Gasteiger partial charge on any atom is -0.351 e. The second-order valence-corrected chi connectivity index (χ2v) is 7.70. The van der Waals surface area contributed by atoms with Crippen LogP contribution in [0.1, 0.15) is 63.7 Å². The van der Waals surface area contributed by atoms with E-state index in [1.54, 1.807) is 16.8 Å². The second kappa shape index (κ2) is 9.77. The number of hydrogen-bond donors (Lipinski definition) is 2. The first-order valence-corrected chi connectivity index (χ1v) is 9.95. The van der Waals surface area contributed by atoms with Crippen LogP contribution in [0.5, 0.6) is 0 Å². The van der Waals surface area contributed by atoms with Gasteiger partial charge in [-0.15, -0.1) is 11.3 Å². The number of carbonyl (C=O) groups excluding carboxylic acids is 2. The highest BCUT2D eigenvalue weighted by atomic mass is 32.1. The molecular weight excluding hydrogens is 322 g/mol. The highest BCUT2D eigenvalue weighted by molar-refractivity contribution is 7.09. The van der Waals surface area contributed by atoms with Gasteiger partial charge in [0.2, 0.25) is 11.8 Å². The van der Waals surface area contributed by atoms with Crippen molar-refractivity contribution in [2.75, 3.05) is 0 Å². The van der Waals surface area contributed by atoms with Crippen LogP contribution < -0.4 is 10.6 Å². The van der Waals surface area contributed by atoms with Crippen LogP contribution in [-0.2, 0) is 16.0 Å². The van der Waals surface area contributed by atoms with Crippen molar-refractivity contribution in [2.45, 2.75) is 77.3 Å². The molecule has 1 fully saturated rings. The van der Waals surface area contributed by atoms with Crippen molar-refractivity contribution in [3.8, 4) is 0 Å². The Balaban J connectivity index is 1.75. The number of carbonyl (C=O) groups is 2. The molecule has 0 radical (unpaired) electrons. The lowest BCUT2D eigenvalue weighted by Crippen LogP contribution is -2.49. The van der Waals surface area contributed by atoms with E-state index in [9.17, 15) is 9.59 Å². The summed E-state index contributed by atoms with van der Waals surface area (Å²) in [4.78, 5) is 29.6. The van der Waals surface area contributed by atoms with Gasteiger partial charge >= 0.3 is 0 Å². The summed E-state index contributed by atoms with van der Waals surface area (Å²) in [6.45, 7) is 4.13. The average Bonchev–Trinajstić information content (AvgIpc) is 3.23. The summed E-state index contributed by atoms with van der Waals surface area (Å²) >= 11 is 1.58. The first-order chi connectivity index (χ1) is 11.6. The summed E-state index contributed by atoms with van der Waals surface area (Å²) in [5, 5.41) is 6.26. The van der Waals surface area contributed by atoms with Crippen molar-refractivity contribution in [1.29, 1.82) is 0 Å². The number of hydrogen-bond acceptors (Lipinski definition) is 4. The molecule has 24 heavy (non-hydrogen) atoms. The lowest BCUT2D eigenvalue weighted by molar-refractivity contribution is -0.126. The molecule has 2 rings (SSSR count). The first kappa shape index (κ1) is 18.9. The summed E-state index contributed by atoms with van der Waals surface area (Å²) in [5.41, 5.74) is 1.79. The molecule has 2 amide bonds. The topological polar surface area (TPSA) is 71.1 Å². The van der Waals surface area contributed by atoms with Gasteiger partial charge in [-0.3, -0.25) is 14.6 Å². The molecule has 1 aliphatic carbocycles. The molecule has 1 heterocycles. The smallest absolute Gasteiger partial charge is 0.223 e. The Morgan fingerprint density at radius 3 is 2.75 bits per heavy atom. The molecule has 0 unspecified atom stereocenters. The van der Waals surface area contributed by atoms with Gasteiger partial charge in [-0.2, -0.15) is 0 Å². The van der Waals surface area contributed by atoms with E-state index in [1.807, 2.05) is 13.1 Å². The van der Waals surface area contributed by atoms with E-state index >= 15 is 0 Å². The van der Waals surface area contributed by atoms with E-state index in [0.29, 0.717) is 6.42 Å². The van der Waals surface area contributed by atoms with Crippen molar-refractivity contribution < 1.29 is 9.59 Å². The number of nitrogens with one attached hydrogen (secondary N) is 2. The summed E-state index contributed by atoms with van der Waals surface area (Å²) in [6, 6.07) is 0.148. The number of thiazole rings is 1. The van der Waals surface area contributed by atoms with Gasteiger partial charge in [0.15, 0.2) is 0 Å². The van der Waals surface area contributed by atoms with Gasteiger partial charge < -0.3 is 10.6 Å². The highest BCUT2D eigenvalue weighted by Gasteiger charge is 2.30. The van der Waals surface area contributed by atoms with Crippen molar-refractivity contribution in [1.82, 2.24) is 15.6 Å².